The number of methoxy groups -OCH3 is 2. The van der Waals surface area contributed by atoms with Gasteiger partial charge in [0.1, 0.15) is 11.5 Å². The molecule has 4 heteroatoms. The second kappa shape index (κ2) is 9.13. The quantitative estimate of drug-likeness (QED) is 0.617. The SMILES string of the molecule is COc1cc(CCC(=O)N(Cc2ccc(C(C)C)cc2)C2CC2)cc(OC)c1. The molecule has 0 heterocycles. The molecule has 150 valence electrons. The Morgan fingerprint density at radius 1 is 1.00 bits per heavy atom. The maximum Gasteiger partial charge on any atom is 0.223 e. The summed E-state index contributed by atoms with van der Waals surface area (Å²) in [5, 5.41) is 0. The Hall–Kier alpha value is -2.49. The molecule has 0 radical (unpaired) electrons. The molecule has 2 aromatic rings. The van der Waals surface area contributed by atoms with Crippen molar-refractivity contribution in [1.29, 1.82) is 0 Å². The summed E-state index contributed by atoms with van der Waals surface area (Å²) in [4.78, 5) is 15.0. The third-order valence-electron chi connectivity index (χ3n) is 5.35. The van der Waals surface area contributed by atoms with E-state index in [9.17, 15) is 4.79 Å². The minimum absolute atomic E-state index is 0.220. The first kappa shape index (κ1) is 20.2. The van der Waals surface area contributed by atoms with Gasteiger partial charge in [0.2, 0.25) is 5.91 Å². The fourth-order valence-electron chi connectivity index (χ4n) is 3.42. The van der Waals surface area contributed by atoms with Crippen molar-refractivity contribution < 1.29 is 14.3 Å². The normalized spacial score (nSPS) is 13.5. The van der Waals surface area contributed by atoms with Crippen LogP contribution in [0.4, 0.5) is 0 Å². The number of hydrogen-bond acceptors (Lipinski definition) is 3. The van der Waals surface area contributed by atoms with Crippen LogP contribution < -0.4 is 9.47 Å². The van der Waals surface area contributed by atoms with Crippen LogP contribution in [0, 0.1) is 0 Å². The van der Waals surface area contributed by atoms with Gasteiger partial charge >= 0.3 is 0 Å². The van der Waals surface area contributed by atoms with Gasteiger partial charge in [-0.1, -0.05) is 38.1 Å². The molecule has 1 amide bonds. The molecule has 1 saturated carbocycles. The number of ether oxygens (including phenoxy) is 2. The number of rotatable bonds is 9. The summed E-state index contributed by atoms with van der Waals surface area (Å²) in [6.07, 6.45) is 3.41. The predicted molar refractivity (Wildman–Crippen MR) is 112 cm³/mol. The maximum absolute atomic E-state index is 12.9. The van der Waals surface area contributed by atoms with Gasteiger partial charge < -0.3 is 14.4 Å². The first-order chi connectivity index (χ1) is 13.5. The van der Waals surface area contributed by atoms with E-state index in [0.29, 0.717) is 31.3 Å². The fourth-order valence-corrected chi connectivity index (χ4v) is 3.42. The number of amides is 1. The highest BCUT2D eigenvalue weighted by molar-refractivity contribution is 5.77. The van der Waals surface area contributed by atoms with E-state index in [1.165, 1.54) is 11.1 Å². The zero-order valence-corrected chi connectivity index (χ0v) is 17.4. The van der Waals surface area contributed by atoms with Gasteiger partial charge in [-0.15, -0.1) is 0 Å². The van der Waals surface area contributed by atoms with E-state index < -0.39 is 0 Å². The molecule has 0 bridgehead atoms. The van der Waals surface area contributed by atoms with Crippen LogP contribution in [0.5, 0.6) is 11.5 Å². The summed E-state index contributed by atoms with van der Waals surface area (Å²) in [5.74, 6) is 2.25. The lowest BCUT2D eigenvalue weighted by molar-refractivity contribution is -0.132. The molecule has 0 aromatic heterocycles. The summed E-state index contributed by atoms with van der Waals surface area (Å²) >= 11 is 0. The number of hydrogen-bond donors (Lipinski definition) is 0. The molecule has 4 nitrogen and oxygen atoms in total. The van der Waals surface area contributed by atoms with E-state index in [1.807, 2.05) is 18.2 Å². The van der Waals surface area contributed by atoms with E-state index in [0.717, 1.165) is 29.9 Å². The largest absolute Gasteiger partial charge is 0.497 e. The molecule has 28 heavy (non-hydrogen) atoms. The van der Waals surface area contributed by atoms with Crippen LogP contribution >= 0.6 is 0 Å². The maximum atomic E-state index is 12.9. The van der Waals surface area contributed by atoms with Crippen molar-refractivity contribution in [2.75, 3.05) is 14.2 Å². The zero-order chi connectivity index (χ0) is 20.1. The molecule has 2 aromatic carbocycles. The smallest absolute Gasteiger partial charge is 0.223 e. The number of carbonyl (C=O) groups is 1. The van der Waals surface area contributed by atoms with Gasteiger partial charge in [-0.3, -0.25) is 4.79 Å². The van der Waals surface area contributed by atoms with Gasteiger partial charge in [-0.2, -0.15) is 0 Å². The van der Waals surface area contributed by atoms with Crippen LogP contribution in [-0.4, -0.2) is 31.1 Å². The number of benzene rings is 2. The molecule has 0 saturated heterocycles. The predicted octanol–water partition coefficient (Wildman–Crippen LogP) is 4.95. The lowest BCUT2D eigenvalue weighted by Crippen LogP contribution is -2.32. The topological polar surface area (TPSA) is 38.8 Å². The minimum atomic E-state index is 0.220. The molecule has 1 aliphatic rings. The zero-order valence-electron chi connectivity index (χ0n) is 17.4. The molecular formula is C24H31NO3. The molecule has 1 aliphatic carbocycles. The summed E-state index contributed by atoms with van der Waals surface area (Å²) in [5.41, 5.74) is 3.59. The third kappa shape index (κ3) is 5.28. The van der Waals surface area contributed by atoms with Crippen molar-refractivity contribution in [2.45, 2.75) is 58.0 Å². The van der Waals surface area contributed by atoms with Crippen LogP contribution in [0.1, 0.15) is 55.7 Å². The highest BCUT2D eigenvalue weighted by Crippen LogP contribution is 2.30. The van der Waals surface area contributed by atoms with Crippen molar-refractivity contribution >= 4 is 5.91 Å². The first-order valence-electron chi connectivity index (χ1n) is 10.1. The van der Waals surface area contributed by atoms with Gasteiger partial charge in [0.05, 0.1) is 14.2 Å². The molecular weight excluding hydrogens is 350 g/mol. The monoisotopic (exact) mass is 381 g/mol. The van der Waals surface area contributed by atoms with E-state index >= 15 is 0 Å². The van der Waals surface area contributed by atoms with Crippen molar-refractivity contribution in [3.05, 3.63) is 59.2 Å². The van der Waals surface area contributed by atoms with E-state index in [4.69, 9.17) is 9.47 Å². The Balaban J connectivity index is 1.64. The highest BCUT2D eigenvalue weighted by Gasteiger charge is 2.32. The summed E-state index contributed by atoms with van der Waals surface area (Å²) < 4.78 is 10.7. The minimum Gasteiger partial charge on any atom is -0.497 e. The molecule has 3 rings (SSSR count). The van der Waals surface area contributed by atoms with Crippen molar-refractivity contribution in [3.63, 3.8) is 0 Å². The first-order valence-corrected chi connectivity index (χ1v) is 10.1. The second-order valence-corrected chi connectivity index (χ2v) is 7.87. The fraction of sp³-hybridized carbons (Fsp3) is 0.458. The van der Waals surface area contributed by atoms with Gasteiger partial charge in [0.25, 0.3) is 0 Å². The number of nitrogens with zero attached hydrogens (tertiary/aromatic N) is 1. The van der Waals surface area contributed by atoms with Gasteiger partial charge in [0, 0.05) is 25.1 Å². The summed E-state index contributed by atoms with van der Waals surface area (Å²) in [6.45, 7) is 5.09. The standard InChI is InChI=1S/C24H31NO3/c1-17(2)20-8-5-18(6-9-20)16-25(21-10-11-21)24(26)12-7-19-13-22(27-3)15-23(14-19)28-4/h5-6,8-9,13-15,17,21H,7,10-12,16H2,1-4H3. The Morgan fingerprint density at radius 2 is 1.61 bits per heavy atom. The average molecular weight is 382 g/mol. The Kier molecular flexibility index (Phi) is 6.61. The number of aryl methyl sites for hydroxylation is 1. The van der Waals surface area contributed by atoms with Crippen LogP contribution in [0.15, 0.2) is 42.5 Å². The van der Waals surface area contributed by atoms with Crippen LogP contribution in [-0.2, 0) is 17.8 Å². The van der Waals surface area contributed by atoms with Crippen LogP contribution in [0.2, 0.25) is 0 Å². The Morgan fingerprint density at radius 3 is 2.11 bits per heavy atom. The Labute approximate surface area is 168 Å². The van der Waals surface area contributed by atoms with Crippen molar-refractivity contribution in [3.8, 4) is 11.5 Å². The van der Waals surface area contributed by atoms with Crippen molar-refractivity contribution in [2.24, 2.45) is 0 Å². The van der Waals surface area contributed by atoms with E-state index in [2.05, 4.69) is 43.0 Å². The molecule has 1 fully saturated rings. The Bertz CT molecular complexity index is 772. The van der Waals surface area contributed by atoms with Crippen molar-refractivity contribution in [1.82, 2.24) is 4.90 Å². The molecule has 0 unspecified atom stereocenters. The average Bonchev–Trinajstić information content (AvgIpc) is 3.55. The number of carbonyl (C=O) groups excluding carboxylic acids is 1. The van der Waals surface area contributed by atoms with Crippen LogP contribution in [0.3, 0.4) is 0 Å². The van der Waals surface area contributed by atoms with Gasteiger partial charge in [-0.25, -0.2) is 0 Å². The highest BCUT2D eigenvalue weighted by atomic mass is 16.5. The molecule has 0 N–H and O–H groups in total. The summed E-state index contributed by atoms with van der Waals surface area (Å²) in [7, 11) is 3.28. The molecule has 0 aliphatic heterocycles. The molecule has 0 spiro atoms. The third-order valence-corrected chi connectivity index (χ3v) is 5.35. The van der Waals surface area contributed by atoms with Gasteiger partial charge in [0.15, 0.2) is 0 Å². The van der Waals surface area contributed by atoms with E-state index in [-0.39, 0.29) is 5.91 Å². The summed E-state index contributed by atoms with van der Waals surface area (Å²) in [6, 6.07) is 14.9. The van der Waals surface area contributed by atoms with E-state index in [1.54, 1.807) is 14.2 Å². The van der Waals surface area contributed by atoms with Crippen LogP contribution in [0.25, 0.3) is 0 Å². The second-order valence-electron chi connectivity index (χ2n) is 7.87. The van der Waals surface area contributed by atoms with Gasteiger partial charge in [-0.05, 0) is 54.0 Å². The lowest BCUT2D eigenvalue weighted by Gasteiger charge is -2.23. The lowest BCUT2D eigenvalue weighted by atomic mass is 10.0. The molecule has 0 atom stereocenters.